The van der Waals surface area contributed by atoms with Crippen LogP contribution in [0.4, 0.5) is 0 Å². The quantitative estimate of drug-likeness (QED) is 0.632. The maximum Gasteiger partial charge on any atom is 0.329 e. The lowest BCUT2D eigenvalue weighted by atomic mass is 10.3. The summed E-state index contributed by atoms with van der Waals surface area (Å²) in [7, 11) is -1.71. The van der Waals surface area contributed by atoms with E-state index in [9.17, 15) is 13.8 Å². The molecule has 1 amide bonds. The van der Waals surface area contributed by atoms with Gasteiger partial charge in [-0.2, -0.15) is 0 Å². The highest BCUT2D eigenvalue weighted by Crippen LogP contribution is 2.07. The maximum atomic E-state index is 11.5. The summed E-state index contributed by atoms with van der Waals surface area (Å²) in [5.41, 5.74) is 0. The van der Waals surface area contributed by atoms with E-state index in [1.807, 2.05) is 0 Å². The van der Waals surface area contributed by atoms with Crippen molar-refractivity contribution in [1.82, 2.24) is 4.31 Å². The molecular weight excluding hydrogens is 226 g/mol. The summed E-state index contributed by atoms with van der Waals surface area (Å²) in [6.07, 6.45) is 1.23. The van der Waals surface area contributed by atoms with Gasteiger partial charge in [-0.15, -0.1) is 0 Å². The molecule has 0 spiro atoms. The number of carbonyl (C=O) groups is 2. The summed E-state index contributed by atoms with van der Waals surface area (Å²) in [5.74, 6) is -1.15. The highest BCUT2D eigenvalue weighted by atomic mass is 32.8. The fraction of sp³-hybridized carbons (Fsp3) is 0.714. The van der Waals surface area contributed by atoms with Crippen LogP contribution < -0.4 is 0 Å². The molecule has 0 aromatic carbocycles. The van der Waals surface area contributed by atoms with Crippen LogP contribution in [0.3, 0.4) is 0 Å². The maximum absolute atomic E-state index is 11.5. The van der Waals surface area contributed by atoms with Gasteiger partial charge in [0.1, 0.15) is 14.7 Å². The standard InChI is InChI=1S/C7H13NO4S2/c1-5(7(10)12-3)8(6(2)9)14(4,11)13/h5H,1-4H3/t5-,14?/m1/s1. The Morgan fingerprint density at radius 2 is 1.93 bits per heavy atom. The summed E-state index contributed by atoms with van der Waals surface area (Å²) < 4.78 is 16.8. The Morgan fingerprint density at radius 1 is 1.50 bits per heavy atom. The van der Waals surface area contributed by atoms with Crippen molar-refractivity contribution < 1.29 is 18.5 Å². The summed E-state index contributed by atoms with van der Waals surface area (Å²) in [4.78, 5) is 22.2. The molecular formula is C7H13NO4S2. The minimum absolute atomic E-state index is 0.509. The Hall–Kier alpha value is -0.690. The molecule has 0 saturated heterocycles. The molecule has 0 radical (unpaired) electrons. The van der Waals surface area contributed by atoms with E-state index < -0.39 is 26.6 Å². The third-order valence-corrected chi connectivity index (χ3v) is 3.33. The molecule has 2 atom stereocenters. The van der Waals surface area contributed by atoms with Crippen molar-refractivity contribution in [3.63, 3.8) is 0 Å². The predicted molar refractivity (Wildman–Crippen MR) is 55.4 cm³/mol. The molecule has 0 aliphatic carbocycles. The Balaban J connectivity index is 5.05. The van der Waals surface area contributed by atoms with Crippen LogP contribution in [0.25, 0.3) is 0 Å². The van der Waals surface area contributed by atoms with E-state index in [1.165, 1.54) is 27.2 Å². The molecule has 82 valence electrons. The first-order valence-corrected chi connectivity index (χ1v) is 6.64. The van der Waals surface area contributed by atoms with Crippen LogP contribution in [0.5, 0.6) is 0 Å². The molecule has 14 heavy (non-hydrogen) atoms. The van der Waals surface area contributed by atoms with Gasteiger partial charge in [0, 0.05) is 24.4 Å². The largest absolute Gasteiger partial charge is 0.467 e. The zero-order valence-electron chi connectivity index (χ0n) is 8.47. The number of hydrogen-bond donors (Lipinski definition) is 0. The second-order valence-corrected chi connectivity index (χ2v) is 6.49. The third kappa shape index (κ3) is 3.22. The number of ether oxygens (including phenoxy) is 1. The monoisotopic (exact) mass is 239 g/mol. The minimum Gasteiger partial charge on any atom is -0.467 e. The van der Waals surface area contributed by atoms with Crippen molar-refractivity contribution in [1.29, 1.82) is 0 Å². The molecule has 0 N–H and O–H groups in total. The molecule has 0 aliphatic rings. The number of hydrogen-bond acceptors (Lipinski definition) is 5. The first-order chi connectivity index (χ1) is 6.21. The Kier molecular flexibility index (Phi) is 4.47. The number of rotatable bonds is 3. The second kappa shape index (κ2) is 4.70. The van der Waals surface area contributed by atoms with Crippen LogP contribution in [-0.4, -0.2) is 39.8 Å². The summed E-state index contributed by atoms with van der Waals surface area (Å²) >= 11 is 4.65. The van der Waals surface area contributed by atoms with E-state index in [2.05, 4.69) is 15.9 Å². The lowest BCUT2D eigenvalue weighted by molar-refractivity contribution is -0.147. The van der Waals surface area contributed by atoms with E-state index in [0.29, 0.717) is 0 Å². The molecule has 0 aromatic heterocycles. The van der Waals surface area contributed by atoms with Crippen LogP contribution in [0.1, 0.15) is 13.8 Å². The number of methoxy groups -OCH3 is 1. The van der Waals surface area contributed by atoms with Crippen molar-refractivity contribution in [3.8, 4) is 0 Å². The SMILES string of the molecule is COC(=O)[C@@H](C)N(C(C)=O)S(C)(=O)=S. The van der Waals surface area contributed by atoms with Gasteiger partial charge in [-0.1, -0.05) is 0 Å². The van der Waals surface area contributed by atoms with Gasteiger partial charge in [0.15, 0.2) is 0 Å². The van der Waals surface area contributed by atoms with E-state index in [1.54, 1.807) is 0 Å². The minimum atomic E-state index is -2.90. The summed E-state index contributed by atoms with van der Waals surface area (Å²) in [6, 6.07) is -0.924. The molecule has 0 heterocycles. The topological polar surface area (TPSA) is 63.7 Å². The van der Waals surface area contributed by atoms with Gasteiger partial charge < -0.3 is 4.74 Å². The van der Waals surface area contributed by atoms with Gasteiger partial charge in [-0.25, -0.2) is 13.3 Å². The normalized spacial score (nSPS) is 16.6. The van der Waals surface area contributed by atoms with Crippen LogP contribution in [0, 0.1) is 0 Å². The lowest BCUT2D eigenvalue weighted by Gasteiger charge is -2.25. The van der Waals surface area contributed by atoms with Gasteiger partial charge >= 0.3 is 5.97 Å². The first kappa shape index (κ1) is 13.3. The van der Waals surface area contributed by atoms with E-state index in [-0.39, 0.29) is 0 Å². The Labute approximate surface area is 88.2 Å². The third-order valence-electron chi connectivity index (χ3n) is 1.56. The van der Waals surface area contributed by atoms with Gasteiger partial charge in [0.25, 0.3) is 0 Å². The molecule has 0 fully saturated rings. The molecule has 0 aromatic rings. The van der Waals surface area contributed by atoms with Gasteiger partial charge in [0.05, 0.1) is 7.11 Å². The van der Waals surface area contributed by atoms with Gasteiger partial charge in [0.2, 0.25) is 5.91 Å². The van der Waals surface area contributed by atoms with Crippen LogP contribution in [-0.2, 0) is 34.2 Å². The zero-order chi connectivity index (χ0) is 11.5. The van der Waals surface area contributed by atoms with Crippen molar-refractivity contribution in [2.45, 2.75) is 19.9 Å². The van der Waals surface area contributed by atoms with Gasteiger partial charge in [-0.05, 0) is 6.92 Å². The van der Waals surface area contributed by atoms with E-state index >= 15 is 0 Å². The molecule has 0 aliphatic heterocycles. The predicted octanol–water partition coefficient (Wildman–Crippen LogP) is -0.312. The number of amides is 1. The van der Waals surface area contributed by atoms with Crippen molar-refractivity contribution in [2.75, 3.05) is 13.4 Å². The van der Waals surface area contributed by atoms with Crippen LogP contribution in [0.2, 0.25) is 0 Å². The molecule has 5 nitrogen and oxygen atoms in total. The van der Waals surface area contributed by atoms with Crippen molar-refractivity contribution >= 4 is 31.7 Å². The molecule has 0 saturated carbocycles. The Morgan fingerprint density at radius 3 is 2.14 bits per heavy atom. The average molecular weight is 239 g/mol. The fourth-order valence-electron chi connectivity index (χ4n) is 1.06. The highest BCUT2D eigenvalue weighted by molar-refractivity contribution is 8.31. The average Bonchev–Trinajstić information content (AvgIpc) is 1.99. The van der Waals surface area contributed by atoms with Crippen molar-refractivity contribution in [2.24, 2.45) is 0 Å². The first-order valence-electron chi connectivity index (χ1n) is 3.79. The summed E-state index contributed by atoms with van der Waals surface area (Å²) in [6.45, 7) is 2.62. The number of nitrogens with zero attached hydrogens (tertiary/aromatic N) is 1. The second-order valence-electron chi connectivity index (χ2n) is 2.78. The molecule has 1 unspecified atom stereocenters. The van der Waals surface area contributed by atoms with Crippen molar-refractivity contribution in [3.05, 3.63) is 0 Å². The molecule has 0 bridgehead atoms. The molecule has 7 heteroatoms. The smallest absolute Gasteiger partial charge is 0.329 e. The Bertz CT molecular complexity index is 336. The zero-order valence-corrected chi connectivity index (χ0v) is 10.1. The number of carbonyl (C=O) groups excluding carboxylic acids is 2. The van der Waals surface area contributed by atoms with E-state index in [4.69, 9.17) is 0 Å². The van der Waals surface area contributed by atoms with Crippen LogP contribution >= 0.6 is 0 Å². The highest BCUT2D eigenvalue weighted by Gasteiger charge is 2.29. The van der Waals surface area contributed by atoms with Crippen LogP contribution in [0.15, 0.2) is 0 Å². The summed E-state index contributed by atoms with van der Waals surface area (Å²) in [5, 5.41) is 0. The van der Waals surface area contributed by atoms with Gasteiger partial charge in [-0.3, -0.25) is 4.79 Å². The fourth-order valence-corrected chi connectivity index (χ4v) is 2.89. The van der Waals surface area contributed by atoms with E-state index in [0.717, 1.165) is 4.31 Å². The molecule has 0 rings (SSSR count). The number of esters is 1. The lowest BCUT2D eigenvalue weighted by Crippen LogP contribution is -2.45.